The van der Waals surface area contributed by atoms with Crippen LogP contribution in [0.15, 0.2) is 4.99 Å². The van der Waals surface area contributed by atoms with E-state index in [1.54, 1.807) is 19.0 Å². The average molecular weight is 339 g/mol. The standard InChI is InChI=1S/C17H33N5O2/c1-4-22-8-5-6-15(22)11-19-17(20-12-16(23)21(2)3)18-10-14-7-9-24-13-14/h14-15H,4-13H2,1-3H3,(H2,18,19,20). The van der Waals surface area contributed by atoms with Crippen LogP contribution < -0.4 is 10.6 Å². The normalized spacial score (nSPS) is 25.0. The van der Waals surface area contributed by atoms with Gasteiger partial charge in [-0.05, 0) is 32.4 Å². The summed E-state index contributed by atoms with van der Waals surface area (Å²) in [7, 11) is 3.51. The number of rotatable bonds is 7. The van der Waals surface area contributed by atoms with Crippen LogP contribution in [0.3, 0.4) is 0 Å². The van der Waals surface area contributed by atoms with Crippen molar-refractivity contribution >= 4 is 11.9 Å². The third-order valence-electron chi connectivity index (χ3n) is 4.86. The first kappa shape index (κ1) is 19.0. The van der Waals surface area contributed by atoms with E-state index in [0.717, 1.165) is 45.2 Å². The summed E-state index contributed by atoms with van der Waals surface area (Å²) in [6.45, 7) is 8.02. The molecule has 0 saturated carbocycles. The van der Waals surface area contributed by atoms with Crippen LogP contribution >= 0.6 is 0 Å². The fourth-order valence-corrected chi connectivity index (χ4v) is 3.20. The topological polar surface area (TPSA) is 69.2 Å². The van der Waals surface area contributed by atoms with Crippen molar-refractivity contribution in [1.82, 2.24) is 20.4 Å². The zero-order valence-corrected chi connectivity index (χ0v) is 15.4. The maximum absolute atomic E-state index is 11.8. The lowest BCUT2D eigenvalue weighted by molar-refractivity contribution is -0.127. The van der Waals surface area contributed by atoms with E-state index in [2.05, 4.69) is 27.4 Å². The number of guanidine groups is 1. The van der Waals surface area contributed by atoms with Crippen LogP contribution in [0.25, 0.3) is 0 Å². The smallest absolute Gasteiger partial charge is 0.243 e. The van der Waals surface area contributed by atoms with Crippen molar-refractivity contribution in [2.45, 2.75) is 32.2 Å². The summed E-state index contributed by atoms with van der Waals surface area (Å²) in [6, 6.07) is 0.557. The largest absolute Gasteiger partial charge is 0.381 e. The molecule has 2 heterocycles. The molecule has 0 aromatic rings. The van der Waals surface area contributed by atoms with Crippen LogP contribution in [0, 0.1) is 5.92 Å². The van der Waals surface area contributed by atoms with E-state index in [4.69, 9.17) is 4.74 Å². The molecular weight excluding hydrogens is 306 g/mol. The monoisotopic (exact) mass is 339 g/mol. The molecule has 2 fully saturated rings. The molecule has 0 aromatic carbocycles. The molecule has 2 saturated heterocycles. The van der Waals surface area contributed by atoms with Gasteiger partial charge in [0, 0.05) is 45.8 Å². The minimum atomic E-state index is 0.0105. The second-order valence-corrected chi connectivity index (χ2v) is 6.87. The van der Waals surface area contributed by atoms with E-state index < -0.39 is 0 Å². The molecule has 2 aliphatic rings. The van der Waals surface area contributed by atoms with Crippen molar-refractivity contribution in [1.29, 1.82) is 0 Å². The highest BCUT2D eigenvalue weighted by Gasteiger charge is 2.23. The summed E-state index contributed by atoms with van der Waals surface area (Å²) in [4.78, 5) is 20.3. The first-order valence-electron chi connectivity index (χ1n) is 9.14. The van der Waals surface area contributed by atoms with Gasteiger partial charge in [-0.3, -0.25) is 9.69 Å². The van der Waals surface area contributed by atoms with Gasteiger partial charge in [-0.25, -0.2) is 4.99 Å². The van der Waals surface area contributed by atoms with Gasteiger partial charge < -0.3 is 20.3 Å². The van der Waals surface area contributed by atoms with Gasteiger partial charge in [0.15, 0.2) is 5.96 Å². The van der Waals surface area contributed by atoms with Crippen molar-refractivity contribution in [3.8, 4) is 0 Å². The van der Waals surface area contributed by atoms with Gasteiger partial charge in [-0.2, -0.15) is 0 Å². The molecule has 138 valence electrons. The second kappa shape index (κ2) is 9.84. The summed E-state index contributed by atoms with van der Waals surface area (Å²) < 4.78 is 5.42. The van der Waals surface area contributed by atoms with Crippen molar-refractivity contribution in [2.24, 2.45) is 10.9 Å². The van der Waals surface area contributed by atoms with Crippen LogP contribution in [0.5, 0.6) is 0 Å². The number of likely N-dealkylation sites (tertiary alicyclic amines) is 1. The number of carbonyl (C=O) groups is 1. The quantitative estimate of drug-likeness (QED) is 0.510. The van der Waals surface area contributed by atoms with E-state index >= 15 is 0 Å². The number of amides is 1. The Balaban J connectivity index is 1.85. The molecule has 0 radical (unpaired) electrons. The number of carbonyl (C=O) groups excluding carboxylic acids is 1. The number of nitrogens with one attached hydrogen (secondary N) is 2. The lowest BCUT2D eigenvalue weighted by atomic mass is 10.1. The van der Waals surface area contributed by atoms with Crippen molar-refractivity contribution in [3.05, 3.63) is 0 Å². The molecule has 7 heteroatoms. The Bertz CT molecular complexity index is 421. The molecule has 0 spiro atoms. The number of ether oxygens (including phenoxy) is 1. The number of aliphatic imine (C=N–C) groups is 1. The fraction of sp³-hybridized carbons (Fsp3) is 0.882. The first-order chi connectivity index (χ1) is 11.6. The zero-order valence-electron chi connectivity index (χ0n) is 15.4. The van der Waals surface area contributed by atoms with E-state index in [0.29, 0.717) is 12.0 Å². The van der Waals surface area contributed by atoms with Gasteiger partial charge >= 0.3 is 0 Å². The Labute approximate surface area is 145 Å². The highest BCUT2D eigenvalue weighted by molar-refractivity contribution is 5.84. The zero-order chi connectivity index (χ0) is 17.4. The Morgan fingerprint density at radius 3 is 2.75 bits per heavy atom. The van der Waals surface area contributed by atoms with Crippen LogP contribution in [0.2, 0.25) is 0 Å². The van der Waals surface area contributed by atoms with E-state index in [9.17, 15) is 4.79 Å². The number of likely N-dealkylation sites (N-methyl/N-ethyl adjacent to an activating group) is 2. The van der Waals surface area contributed by atoms with E-state index in [1.165, 1.54) is 19.4 Å². The lowest BCUT2D eigenvalue weighted by Crippen LogP contribution is -2.46. The molecule has 0 aliphatic carbocycles. The SMILES string of the molecule is CCN1CCCC1CNC(=NCC(=O)N(C)C)NCC1CCOC1. The number of hydrogen-bond acceptors (Lipinski definition) is 4. The van der Waals surface area contributed by atoms with Gasteiger partial charge in [0.05, 0.1) is 6.61 Å². The Kier molecular flexibility index (Phi) is 7.78. The van der Waals surface area contributed by atoms with Crippen LogP contribution in [-0.4, -0.2) is 87.7 Å². The Morgan fingerprint density at radius 1 is 1.29 bits per heavy atom. The van der Waals surface area contributed by atoms with Crippen LogP contribution in [-0.2, 0) is 9.53 Å². The first-order valence-corrected chi connectivity index (χ1v) is 9.14. The molecule has 24 heavy (non-hydrogen) atoms. The van der Waals surface area contributed by atoms with Crippen LogP contribution in [0.1, 0.15) is 26.2 Å². The lowest BCUT2D eigenvalue weighted by Gasteiger charge is -2.24. The molecule has 2 atom stereocenters. The molecule has 0 aromatic heterocycles. The highest BCUT2D eigenvalue weighted by atomic mass is 16.5. The summed E-state index contributed by atoms with van der Waals surface area (Å²) in [6.07, 6.45) is 3.57. The van der Waals surface area contributed by atoms with Crippen molar-refractivity contribution in [2.75, 3.05) is 60.0 Å². The van der Waals surface area contributed by atoms with Gasteiger partial charge in [0.1, 0.15) is 6.54 Å². The van der Waals surface area contributed by atoms with Gasteiger partial charge in [-0.1, -0.05) is 6.92 Å². The summed E-state index contributed by atoms with van der Waals surface area (Å²) in [5, 5.41) is 6.81. The molecular formula is C17H33N5O2. The molecule has 2 rings (SSSR count). The average Bonchev–Trinajstić information content (AvgIpc) is 3.24. The minimum absolute atomic E-state index is 0.0105. The number of nitrogens with zero attached hydrogens (tertiary/aromatic N) is 3. The summed E-state index contributed by atoms with van der Waals surface area (Å²) >= 11 is 0. The molecule has 2 N–H and O–H groups in total. The maximum Gasteiger partial charge on any atom is 0.243 e. The van der Waals surface area contributed by atoms with Crippen LogP contribution in [0.4, 0.5) is 0 Å². The van der Waals surface area contributed by atoms with E-state index in [1.807, 2.05) is 0 Å². The predicted octanol–water partition coefficient (Wildman–Crippen LogP) is 0.131. The summed E-state index contributed by atoms with van der Waals surface area (Å²) in [5.41, 5.74) is 0. The second-order valence-electron chi connectivity index (χ2n) is 6.87. The van der Waals surface area contributed by atoms with Crippen molar-refractivity contribution in [3.63, 3.8) is 0 Å². The van der Waals surface area contributed by atoms with Crippen molar-refractivity contribution < 1.29 is 9.53 Å². The van der Waals surface area contributed by atoms with Gasteiger partial charge in [0.2, 0.25) is 5.91 Å². The highest BCUT2D eigenvalue weighted by Crippen LogP contribution is 2.15. The summed E-state index contributed by atoms with van der Waals surface area (Å²) in [5.74, 6) is 1.27. The Morgan fingerprint density at radius 2 is 2.08 bits per heavy atom. The predicted molar refractivity (Wildman–Crippen MR) is 96.2 cm³/mol. The molecule has 2 aliphatic heterocycles. The Hall–Kier alpha value is -1.34. The molecule has 7 nitrogen and oxygen atoms in total. The van der Waals surface area contributed by atoms with Gasteiger partial charge in [-0.15, -0.1) is 0 Å². The molecule has 1 amide bonds. The minimum Gasteiger partial charge on any atom is -0.381 e. The third kappa shape index (κ3) is 5.94. The number of hydrogen-bond donors (Lipinski definition) is 2. The third-order valence-corrected chi connectivity index (χ3v) is 4.86. The van der Waals surface area contributed by atoms with Gasteiger partial charge in [0.25, 0.3) is 0 Å². The maximum atomic E-state index is 11.8. The molecule has 0 bridgehead atoms. The fourth-order valence-electron chi connectivity index (χ4n) is 3.20. The van der Waals surface area contributed by atoms with E-state index in [-0.39, 0.29) is 12.5 Å². The molecule has 2 unspecified atom stereocenters.